The van der Waals surface area contributed by atoms with Crippen molar-refractivity contribution in [2.45, 2.75) is 62.2 Å². The van der Waals surface area contributed by atoms with Gasteiger partial charge in [-0.05, 0) is 61.7 Å². The number of nitrogens with two attached hydrogens (primary N) is 1. The molecule has 2 aromatic rings. The molecule has 5 fully saturated rings. The second-order valence-corrected chi connectivity index (χ2v) is 9.87. The average molecular weight is 441 g/mol. The Kier molecular flexibility index (Phi) is 4.51. The summed E-state index contributed by atoms with van der Waals surface area (Å²) in [5.41, 5.74) is 5.69. The van der Waals surface area contributed by atoms with Crippen molar-refractivity contribution < 1.29 is 25.2 Å². The number of rotatable bonds is 2. The van der Waals surface area contributed by atoms with Gasteiger partial charge in [-0.2, -0.15) is 0 Å². The molecule has 4 saturated carbocycles. The molecule has 4 bridgehead atoms. The molecule has 0 amide bonds. The number of anilines is 1. The van der Waals surface area contributed by atoms with Crippen molar-refractivity contribution in [2.75, 3.05) is 12.3 Å². The second-order valence-electron chi connectivity index (χ2n) is 9.87. The molecule has 6 N–H and O–H groups in total. The lowest BCUT2D eigenvalue weighted by Crippen LogP contribution is -2.56. The van der Waals surface area contributed by atoms with Crippen molar-refractivity contribution >= 4 is 17.0 Å². The molecule has 5 aliphatic rings. The predicted molar refractivity (Wildman–Crippen MR) is 112 cm³/mol. The summed E-state index contributed by atoms with van der Waals surface area (Å²) in [4.78, 5) is 12.9. The lowest BCUT2D eigenvalue weighted by molar-refractivity contribution is -0.136. The van der Waals surface area contributed by atoms with E-state index < -0.39 is 36.7 Å². The predicted octanol–water partition coefficient (Wildman–Crippen LogP) is -0.441. The van der Waals surface area contributed by atoms with Gasteiger partial charge >= 0.3 is 0 Å². The Hall–Kier alpha value is -2.29. The SMILES string of the molecule is Nc1nc(C#CC2(O)C3CC4CC(C3)CC2C4)nc2c1ncn2C1OC(CO)C(O)C1O. The summed E-state index contributed by atoms with van der Waals surface area (Å²) in [5, 5.41) is 41.3. The highest BCUT2D eigenvalue weighted by atomic mass is 16.6. The first-order valence-corrected chi connectivity index (χ1v) is 11.3. The van der Waals surface area contributed by atoms with Crippen LogP contribution in [0.1, 0.15) is 44.2 Å². The Morgan fingerprint density at radius 3 is 2.41 bits per heavy atom. The number of hydrogen-bond acceptors (Lipinski definition) is 9. The fraction of sp³-hybridized carbons (Fsp3) is 0.682. The van der Waals surface area contributed by atoms with Crippen LogP contribution < -0.4 is 5.73 Å². The number of nitrogen functional groups attached to an aromatic ring is 1. The van der Waals surface area contributed by atoms with Gasteiger partial charge in [-0.15, -0.1) is 0 Å². The first-order chi connectivity index (χ1) is 15.4. The minimum absolute atomic E-state index is 0.127. The number of ether oxygens (including phenoxy) is 1. The standard InChI is InChI=1S/C22H27N5O5/c23-19-16-20(27(9-24-16)21-18(30)17(29)14(8-28)32-21)26-15(25-19)1-2-22(31)12-4-10-3-11(6-12)7-13(22)5-10/h9-14,17-18,21,28-31H,3-8H2,(H2,23,25,26). The van der Waals surface area contributed by atoms with Crippen LogP contribution in [0.25, 0.3) is 11.2 Å². The van der Waals surface area contributed by atoms with Gasteiger partial charge < -0.3 is 30.9 Å². The van der Waals surface area contributed by atoms with Crippen LogP contribution in [0.5, 0.6) is 0 Å². The van der Waals surface area contributed by atoms with Gasteiger partial charge in [0, 0.05) is 0 Å². The summed E-state index contributed by atoms with van der Waals surface area (Å²) >= 11 is 0. The average Bonchev–Trinajstić information content (AvgIpc) is 3.31. The summed E-state index contributed by atoms with van der Waals surface area (Å²) in [6.45, 7) is -0.433. The van der Waals surface area contributed by atoms with E-state index >= 15 is 0 Å². The number of hydrogen-bond donors (Lipinski definition) is 5. The Morgan fingerprint density at radius 1 is 1.09 bits per heavy atom. The molecule has 4 aliphatic carbocycles. The van der Waals surface area contributed by atoms with Gasteiger partial charge in [-0.1, -0.05) is 5.92 Å². The maximum absolute atomic E-state index is 11.5. The van der Waals surface area contributed by atoms with Crippen molar-refractivity contribution in [3.63, 3.8) is 0 Å². The molecule has 0 spiro atoms. The zero-order valence-electron chi connectivity index (χ0n) is 17.5. The van der Waals surface area contributed by atoms with Crippen LogP contribution in [0.3, 0.4) is 0 Å². The second kappa shape index (κ2) is 7.10. The van der Waals surface area contributed by atoms with Gasteiger partial charge in [0.15, 0.2) is 17.7 Å². The Morgan fingerprint density at radius 2 is 1.78 bits per heavy atom. The topological polar surface area (TPSA) is 160 Å². The van der Waals surface area contributed by atoms with Crippen LogP contribution >= 0.6 is 0 Å². The maximum atomic E-state index is 11.5. The van der Waals surface area contributed by atoms with Crippen molar-refractivity contribution in [1.82, 2.24) is 19.5 Å². The van der Waals surface area contributed by atoms with Gasteiger partial charge in [0.25, 0.3) is 0 Å². The summed E-state index contributed by atoms with van der Waals surface area (Å²) < 4.78 is 7.06. The van der Waals surface area contributed by atoms with Crippen molar-refractivity contribution in [1.29, 1.82) is 0 Å². The highest BCUT2D eigenvalue weighted by Crippen LogP contribution is 2.58. The first kappa shape index (κ1) is 20.3. The number of imidazole rings is 1. The van der Waals surface area contributed by atoms with Crippen molar-refractivity contribution in [3.05, 3.63) is 12.2 Å². The summed E-state index contributed by atoms with van der Waals surface area (Å²) in [5.74, 6) is 8.16. The normalized spacial score (nSPS) is 42.4. The minimum atomic E-state index is -1.27. The Labute approximate surface area is 184 Å². The van der Waals surface area contributed by atoms with Gasteiger partial charge in [-0.25, -0.2) is 15.0 Å². The number of nitrogens with zero attached hydrogens (tertiary/aromatic N) is 4. The highest BCUT2D eigenvalue weighted by Gasteiger charge is 2.56. The van der Waals surface area contributed by atoms with E-state index in [0.29, 0.717) is 23.0 Å². The van der Waals surface area contributed by atoms with Crippen LogP contribution in [0.15, 0.2) is 6.33 Å². The zero-order valence-corrected chi connectivity index (χ0v) is 17.5. The molecule has 0 radical (unpaired) electrons. The molecule has 1 aliphatic heterocycles. The van der Waals surface area contributed by atoms with Gasteiger partial charge in [0.1, 0.15) is 29.4 Å². The third-order valence-electron chi connectivity index (χ3n) is 8.00. The van der Waals surface area contributed by atoms with E-state index in [1.807, 2.05) is 0 Å². The largest absolute Gasteiger partial charge is 0.394 e. The molecule has 4 unspecified atom stereocenters. The Balaban J connectivity index is 1.35. The number of aliphatic hydroxyl groups is 4. The fourth-order valence-corrected chi connectivity index (χ4v) is 6.55. The van der Waals surface area contributed by atoms with Crippen LogP contribution in [0.4, 0.5) is 5.82 Å². The molecule has 3 heterocycles. The molecule has 32 heavy (non-hydrogen) atoms. The molecule has 7 rings (SSSR count). The smallest absolute Gasteiger partial charge is 0.209 e. The molecule has 10 heteroatoms. The van der Waals surface area contributed by atoms with Crippen LogP contribution in [-0.2, 0) is 4.74 Å². The molecule has 2 aromatic heterocycles. The number of aliphatic hydroxyl groups excluding tert-OH is 3. The van der Waals surface area contributed by atoms with Gasteiger partial charge in [-0.3, -0.25) is 4.57 Å². The fourth-order valence-electron chi connectivity index (χ4n) is 6.55. The summed E-state index contributed by atoms with van der Waals surface area (Å²) in [6.07, 6.45) is 2.37. The highest BCUT2D eigenvalue weighted by molar-refractivity contribution is 5.82. The molecule has 0 aromatic carbocycles. The molecule has 170 valence electrons. The lowest BCUT2D eigenvalue weighted by Gasteiger charge is -2.56. The third-order valence-corrected chi connectivity index (χ3v) is 8.00. The van der Waals surface area contributed by atoms with E-state index in [2.05, 4.69) is 26.8 Å². The maximum Gasteiger partial charge on any atom is 0.209 e. The van der Waals surface area contributed by atoms with Crippen molar-refractivity contribution in [2.24, 2.45) is 23.7 Å². The Bertz CT molecular complexity index is 1100. The van der Waals surface area contributed by atoms with E-state index in [1.54, 1.807) is 0 Å². The lowest BCUT2D eigenvalue weighted by atomic mass is 9.50. The van der Waals surface area contributed by atoms with Crippen LogP contribution in [0.2, 0.25) is 0 Å². The van der Waals surface area contributed by atoms with Gasteiger partial charge in [0.05, 0.1) is 12.9 Å². The van der Waals surface area contributed by atoms with Crippen LogP contribution in [0, 0.1) is 35.5 Å². The van der Waals surface area contributed by atoms with E-state index in [-0.39, 0.29) is 23.5 Å². The van der Waals surface area contributed by atoms with E-state index in [9.17, 15) is 20.4 Å². The quantitative estimate of drug-likeness (QED) is 0.389. The molecule has 1 saturated heterocycles. The van der Waals surface area contributed by atoms with E-state index in [0.717, 1.165) is 25.7 Å². The first-order valence-electron chi connectivity index (χ1n) is 11.3. The summed E-state index contributed by atoms with van der Waals surface area (Å²) in [6, 6.07) is 0. The van der Waals surface area contributed by atoms with E-state index in [4.69, 9.17) is 10.5 Å². The van der Waals surface area contributed by atoms with Crippen LogP contribution in [-0.4, -0.2) is 70.5 Å². The van der Waals surface area contributed by atoms with Crippen molar-refractivity contribution in [3.8, 4) is 11.8 Å². The van der Waals surface area contributed by atoms with E-state index in [1.165, 1.54) is 17.3 Å². The zero-order chi connectivity index (χ0) is 22.2. The molecular weight excluding hydrogens is 414 g/mol. The molecule has 4 atom stereocenters. The number of fused-ring (bicyclic) bond motifs is 1. The minimum Gasteiger partial charge on any atom is -0.394 e. The third kappa shape index (κ3) is 2.89. The number of aromatic nitrogens is 4. The summed E-state index contributed by atoms with van der Waals surface area (Å²) in [7, 11) is 0. The molecule has 10 nitrogen and oxygen atoms in total. The van der Waals surface area contributed by atoms with Gasteiger partial charge in [0.2, 0.25) is 5.82 Å². The monoisotopic (exact) mass is 441 g/mol. The molecular formula is C22H27N5O5.